The van der Waals surface area contributed by atoms with Crippen LogP contribution in [0.1, 0.15) is 21.6 Å². The Balaban J connectivity index is 1.94. The fraction of sp³-hybridized carbons (Fsp3) is 0.133. The number of rotatable bonds is 1. The van der Waals surface area contributed by atoms with Crippen molar-refractivity contribution in [2.75, 3.05) is 17.2 Å². The maximum Gasteiger partial charge on any atom is 0.276 e. The highest BCUT2D eigenvalue weighted by molar-refractivity contribution is 6.06. The van der Waals surface area contributed by atoms with Gasteiger partial charge in [-0.3, -0.25) is 4.79 Å². The third-order valence-corrected chi connectivity index (χ3v) is 3.42. The summed E-state index contributed by atoms with van der Waals surface area (Å²) in [4.78, 5) is 18.2. The van der Waals surface area contributed by atoms with Gasteiger partial charge in [-0.05, 0) is 30.7 Å². The predicted molar refractivity (Wildman–Crippen MR) is 75.2 cm³/mol. The third-order valence-electron chi connectivity index (χ3n) is 3.42. The summed E-state index contributed by atoms with van der Waals surface area (Å²) >= 11 is 0. The molecule has 0 fully saturated rings. The highest BCUT2D eigenvalue weighted by Crippen LogP contribution is 2.32. The molecule has 0 unspecified atom stereocenters. The molecule has 1 aliphatic rings. The molecule has 5 heteroatoms. The first-order chi connectivity index (χ1) is 9.70. The number of nitrogens with two attached hydrogens (primary N) is 1. The molecule has 0 aliphatic carbocycles. The van der Waals surface area contributed by atoms with E-state index in [2.05, 4.69) is 4.98 Å². The average molecular weight is 264 g/mol. The van der Waals surface area contributed by atoms with Crippen molar-refractivity contribution in [2.24, 2.45) is 0 Å². The molecular formula is C15H12N4O. The number of carbonyl (C=O) groups excluding carboxylic acids is 1. The molecule has 2 N–H and O–H groups in total. The van der Waals surface area contributed by atoms with Gasteiger partial charge in [0.2, 0.25) is 0 Å². The molecule has 20 heavy (non-hydrogen) atoms. The van der Waals surface area contributed by atoms with Gasteiger partial charge in [0.25, 0.3) is 5.91 Å². The Kier molecular flexibility index (Phi) is 2.84. The number of benzene rings is 1. The molecule has 0 bridgehead atoms. The van der Waals surface area contributed by atoms with E-state index in [0.29, 0.717) is 23.5 Å². The lowest BCUT2D eigenvalue weighted by Gasteiger charge is -2.17. The maximum absolute atomic E-state index is 12.5. The first-order valence-corrected chi connectivity index (χ1v) is 6.26. The van der Waals surface area contributed by atoms with Crippen LogP contribution in [0, 0.1) is 11.3 Å². The summed E-state index contributed by atoms with van der Waals surface area (Å²) < 4.78 is 0. The van der Waals surface area contributed by atoms with Crippen molar-refractivity contribution >= 4 is 17.3 Å². The Hall–Kier alpha value is -2.87. The molecule has 2 aromatic rings. The van der Waals surface area contributed by atoms with Gasteiger partial charge in [0, 0.05) is 29.7 Å². The van der Waals surface area contributed by atoms with Gasteiger partial charge >= 0.3 is 0 Å². The number of nitrogens with zero attached hydrogens (tertiary/aromatic N) is 3. The number of hydrogen-bond acceptors (Lipinski definition) is 4. The molecular weight excluding hydrogens is 252 g/mol. The molecule has 0 spiro atoms. The second kappa shape index (κ2) is 4.67. The van der Waals surface area contributed by atoms with Gasteiger partial charge < -0.3 is 10.6 Å². The summed E-state index contributed by atoms with van der Waals surface area (Å²) in [5.74, 6) is -0.168. The van der Waals surface area contributed by atoms with Crippen LogP contribution in [-0.2, 0) is 6.42 Å². The van der Waals surface area contributed by atoms with Crippen LogP contribution in [0.2, 0.25) is 0 Å². The van der Waals surface area contributed by atoms with E-state index in [1.54, 1.807) is 17.0 Å². The van der Waals surface area contributed by atoms with Crippen molar-refractivity contribution in [2.45, 2.75) is 6.42 Å². The first kappa shape index (κ1) is 12.2. The van der Waals surface area contributed by atoms with Crippen molar-refractivity contribution in [1.82, 2.24) is 4.98 Å². The largest absolute Gasteiger partial charge is 0.398 e. The second-order valence-corrected chi connectivity index (χ2v) is 4.60. The van der Waals surface area contributed by atoms with Crippen molar-refractivity contribution in [3.8, 4) is 6.07 Å². The van der Waals surface area contributed by atoms with Gasteiger partial charge in [0.05, 0.1) is 5.56 Å². The van der Waals surface area contributed by atoms with Gasteiger partial charge in [-0.25, -0.2) is 4.98 Å². The molecule has 1 aliphatic heterocycles. The normalized spacial score (nSPS) is 12.8. The third kappa shape index (κ3) is 1.88. The topological polar surface area (TPSA) is 83.0 Å². The van der Waals surface area contributed by atoms with Crippen LogP contribution in [0.3, 0.4) is 0 Å². The minimum atomic E-state index is -0.168. The average Bonchev–Trinajstić information content (AvgIpc) is 2.92. The highest BCUT2D eigenvalue weighted by atomic mass is 16.2. The van der Waals surface area contributed by atoms with Crippen LogP contribution in [0.15, 0.2) is 36.5 Å². The zero-order chi connectivity index (χ0) is 14.1. The number of fused-ring (bicyclic) bond motifs is 1. The molecule has 1 aromatic carbocycles. The van der Waals surface area contributed by atoms with Gasteiger partial charge in [0.1, 0.15) is 11.8 Å². The van der Waals surface area contributed by atoms with Crippen LogP contribution in [0.4, 0.5) is 11.4 Å². The predicted octanol–water partition coefficient (Wildman–Crippen LogP) is 1.74. The minimum Gasteiger partial charge on any atom is -0.398 e. The molecule has 0 saturated carbocycles. The number of amides is 1. The summed E-state index contributed by atoms with van der Waals surface area (Å²) in [5, 5.41) is 8.74. The summed E-state index contributed by atoms with van der Waals surface area (Å²) in [7, 11) is 0. The summed E-state index contributed by atoms with van der Waals surface area (Å²) in [5.41, 5.74) is 9.26. The maximum atomic E-state index is 12.5. The Bertz CT molecular complexity index is 716. The number of nitrogen functional groups attached to an aromatic ring is 1. The first-order valence-electron chi connectivity index (χ1n) is 6.26. The quantitative estimate of drug-likeness (QED) is 0.795. The molecule has 98 valence electrons. The van der Waals surface area contributed by atoms with Crippen molar-refractivity contribution in [3.05, 3.63) is 53.3 Å². The Morgan fingerprint density at radius 3 is 2.90 bits per heavy atom. The van der Waals surface area contributed by atoms with E-state index in [0.717, 1.165) is 17.7 Å². The number of nitriles is 1. The van der Waals surface area contributed by atoms with E-state index < -0.39 is 0 Å². The van der Waals surface area contributed by atoms with Crippen molar-refractivity contribution < 1.29 is 4.79 Å². The zero-order valence-electron chi connectivity index (χ0n) is 10.7. The number of aromatic nitrogens is 1. The molecule has 2 heterocycles. The molecule has 3 rings (SSSR count). The van der Waals surface area contributed by atoms with Gasteiger partial charge in [0.15, 0.2) is 0 Å². The molecule has 0 atom stereocenters. The van der Waals surface area contributed by atoms with Crippen LogP contribution >= 0.6 is 0 Å². The second-order valence-electron chi connectivity index (χ2n) is 4.60. The van der Waals surface area contributed by atoms with E-state index in [1.165, 1.54) is 6.20 Å². The lowest BCUT2D eigenvalue weighted by atomic mass is 10.1. The molecule has 5 nitrogen and oxygen atoms in total. The molecule has 0 saturated heterocycles. The van der Waals surface area contributed by atoms with Crippen LogP contribution in [-0.4, -0.2) is 17.4 Å². The monoisotopic (exact) mass is 264 g/mol. The van der Waals surface area contributed by atoms with Gasteiger partial charge in [-0.2, -0.15) is 5.26 Å². The number of anilines is 2. The van der Waals surface area contributed by atoms with E-state index in [-0.39, 0.29) is 5.91 Å². The Morgan fingerprint density at radius 2 is 2.20 bits per heavy atom. The van der Waals surface area contributed by atoms with Gasteiger partial charge in [-0.1, -0.05) is 6.07 Å². The highest BCUT2D eigenvalue weighted by Gasteiger charge is 2.27. The molecule has 1 amide bonds. The summed E-state index contributed by atoms with van der Waals surface area (Å²) in [6, 6.07) is 10.7. The molecule has 1 aromatic heterocycles. The van der Waals surface area contributed by atoms with Crippen molar-refractivity contribution in [3.63, 3.8) is 0 Å². The standard InChI is InChI=1S/C15H12N4O/c16-8-10-4-5-13(18-9-10)15(20)19-7-6-11-12(17)2-1-3-14(11)19/h1-5,9H,6-7,17H2. The fourth-order valence-electron chi connectivity index (χ4n) is 2.40. The van der Waals surface area contributed by atoms with E-state index >= 15 is 0 Å². The van der Waals surface area contributed by atoms with E-state index in [9.17, 15) is 4.79 Å². The summed E-state index contributed by atoms with van der Waals surface area (Å²) in [6.45, 7) is 0.601. The smallest absolute Gasteiger partial charge is 0.276 e. The fourth-order valence-corrected chi connectivity index (χ4v) is 2.40. The lowest BCUT2D eigenvalue weighted by molar-refractivity contribution is 0.0984. The van der Waals surface area contributed by atoms with Crippen LogP contribution in [0.5, 0.6) is 0 Å². The van der Waals surface area contributed by atoms with Crippen LogP contribution in [0.25, 0.3) is 0 Å². The number of hydrogen-bond donors (Lipinski definition) is 1. The SMILES string of the molecule is N#Cc1ccc(C(=O)N2CCc3c(N)cccc32)nc1. The van der Waals surface area contributed by atoms with Crippen molar-refractivity contribution in [1.29, 1.82) is 5.26 Å². The number of pyridine rings is 1. The van der Waals surface area contributed by atoms with E-state index in [4.69, 9.17) is 11.0 Å². The lowest BCUT2D eigenvalue weighted by Crippen LogP contribution is -2.29. The van der Waals surface area contributed by atoms with E-state index in [1.807, 2.05) is 24.3 Å². The Morgan fingerprint density at radius 1 is 1.35 bits per heavy atom. The number of carbonyl (C=O) groups is 1. The van der Waals surface area contributed by atoms with Crippen LogP contribution < -0.4 is 10.6 Å². The zero-order valence-corrected chi connectivity index (χ0v) is 10.7. The Labute approximate surface area is 116 Å². The molecule has 0 radical (unpaired) electrons. The van der Waals surface area contributed by atoms with Gasteiger partial charge in [-0.15, -0.1) is 0 Å². The minimum absolute atomic E-state index is 0.168. The summed E-state index contributed by atoms with van der Waals surface area (Å²) in [6.07, 6.45) is 2.16.